The van der Waals surface area contributed by atoms with Crippen LogP contribution in [0.2, 0.25) is 0 Å². The van der Waals surface area contributed by atoms with Crippen LogP contribution in [0.3, 0.4) is 0 Å². The lowest BCUT2D eigenvalue weighted by molar-refractivity contribution is -0.142. The van der Waals surface area contributed by atoms with Crippen LogP contribution in [0.5, 0.6) is 0 Å². The van der Waals surface area contributed by atoms with Crippen LogP contribution in [-0.4, -0.2) is 11.1 Å². The lowest BCUT2D eigenvalue weighted by Crippen LogP contribution is -2.30. The van der Waals surface area contributed by atoms with Crippen LogP contribution in [0, 0.1) is 5.92 Å². The molecule has 0 aliphatic rings. The van der Waals surface area contributed by atoms with E-state index in [9.17, 15) is 9.90 Å². The molecule has 0 spiro atoms. The van der Waals surface area contributed by atoms with Gasteiger partial charge in [-0.3, -0.25) is 4.79 Å². The second-order valence-corrected chi connectivity index (χ2v) is 4.57. The number of aliphatic carboxylic acids is 1. The lowest BCUT2D eigenvalue weighted by atomic mass is 9.88. The summed E-state index contributed by atoms with van der Waals surface area (Å²) in [6, 6.07) is 18.4. The highest BCUT2D eigenvalue weighted by Gasteiger charge is 2.26. The third kappa shape index (κ3) is 3.42. The largest absolute Gasteiger partial charge is 0.481 e. The van der Waals surface area contributed by atoms with E-state index < -0.39 is 17.9 Å². The molecule has 0 heterocycles. The standard InChI is InChI=1S/C16H17NO2/c17-15(13-9-5-2-6-10-13)14(16(18)19)11-12-7-3-1-4-8-12/h1-10,14-15H,11,17H2,(H,18,19)/t14-,15-/m1/s1. The van der Waals surface area contributed by atoms with Crippen molar-refractivity contribution >= 4 is 5.97 Å². The van der Waals surface area contributed by atoms with E-state index in [1.807, 2.05) is 60.7 Å². The van der Waals surface area contributed by atoms with Crippen LogP contribution in [0.1, 0.15) is 17.2 Å². The van der Waals surface area contributed by atoms with Gasteiger partial charge in [0.25, 0.3) is 0 Å². The Labute approximate surface area is 112 Å². The summed E-state index contributed by atoms with van der Waals surface area (Å²) in [5, 5.41) is 9.39. The van der Waals surface area contributed by atoms with Crippen molar-refractivity contribution in [1.82, 2.24) is 0 Å². The Morgan fingerprint density at radius 1 is 1.00 bits per heavy atom. The zero-order chi connectivity index (χ0) is 13.7. The molecule has 0 saturated carbocycles. The molecule has 3 heteroatoms. The third-order valence-corrected chi connectivity index (χ3v) is 3.23. The second kappa shape index (κ2) is 6.16. The number of carboxylic acid groups (broad SMARTS) is 1. The van der Waals surface area contributed by atoms with Crippen LogP contribution >= 0.6 is 0 Å². The van der Waals surface area contributed by atoms with Crippen molar-refractivity contribution in [2.24, 2.45) is 11.7 Å². The first-order chi connectivity index (χ1) is 9.18. The minimum absolute atomic E-state index is 0.437. The van der Waals surface area contributed by atoms with Crippen LogP contribution in [0.25, 0.3) is 0 Å². The van der Waals surface area contributed by atoms with Gasteiger partial charge >= 0.3 is 5.97 Å². The molecule has 2 aromatic carbocycles. The van der Waals surface area contributed by atoms with Crippen LogP contribution in [0.15, 0.2) is 60.7 Å². The molecule has 0 fully saturated rings. The van der Waals surface area contributed by atoms with Gasteiger partial charge in [0.05, 0.1) is 5.92 Å². The summed E-state index contributed by atoms with van der Waals surface area (Å²) in [6.45, 7) is 0. The SMILES string of the molecule is N[C@H](c1ccccc1)[C@@H](Cc1ccccc1)C(=O)O. The molecular weight excluding hydrogens is 238 g/mol. The molecule has 3 nitrogen and oxygen atoms in total. The summed E-state index contributed by atoms with van der Waals surface area (Å²) in [5.74, 6) is -1.48. The first-order valence-electron chi connectivity index (χ1n) is 6.25. The molecule has 0 saturated heterocycles. The maximum absolute atomic E-state index is 11.4. The van der Waals surface area contributed by atoms with E-state index in [0.717, 1.165) is 11.1 Å². The van der Waals surface area contributed by atoms with Gasteiger partial charge in [-0.05, 0) is 17.5 Å². The number of benzene rings is 2. The average molecular weight is 255 g/mol. The zero-order valence-electron chi connectivity index (χ0n) is 10.6. The van der Waals surface area contributed by atoms with Gasteiger partial charge in [0.2, 0.25) is 0 Å². The molecule has 2 atom stereocenters. The molecule has 2 aromatic rings. The van der Waals surface area contributed by atoms with Crippen molar-refractivity contribution in [3.8, 4) is 0 Å². The van der Waals surface area contributed by atoms with E-state index in [4.69, 9.17) is 5.73 Å². The number of carbonyl (C=O) groups is 1. The van der Waals surface area contributed by atoms with Gasteiger partial charge in [-0.2, -0.15) is 0 Å². The fourth-order valence-electron chi connectivity index (χ4n) is 2.14. The predicted octanol–water partition coefficient (Wildman–Crippen LogP) is 2.63. The molecule has 0 aliphatic heterocycles. The summed E-state index contributed by atoms with van der Waals surface area (Å²) in [4.78, 5) is 11.4. The van der Waals surface area contributed by atoms with E-state index in [-0.39, 0.29) is 0 Å². The molecule has 0 aromatic heterocycles. The molecule has 0 radical (unpaired) electrons. The zero-order valence-corrected chi connectivity index (χ0v) is 10.6. The molecule has 0 amide bonds. The van der Waals surface area contributed by atoms with Crippen molar-refractivity contribution < 1.29 is 9.90 Å². The summed E-state index contributed by atoms with van der Waals surface area (Å²) in [5.41, 5.74) is 7.95. The summed E-state index contributed by atoms with van der Waals surface area (Å²) >= 11 is 0. The number of carboxylic acids is 1. The van der Waals surface area contributed by atoms with Crippen molar-refractivity contribution in [1.29, 1.82) is 0 Å². The monoisotopic (exact) mass is 255 g/mol. The molecule has 0 unspecified atom stereocenters. The van der Waals surface area contributed by atoms with Crippen molar-refractivity contribution in [3.63, 3.8) is 0 Å². The van der Waals surface area contributed by atoms with Gasteiger partial charge in [-0.25, -0.2) is 0 Å². The molecule has 19 heavy (non-hydrogen) atoms. The smallest absolute Gasteiger partial charge is 0.308 e. The molecule has 0 bridgehead atoms. The summed E-state index contributed by atoms with van der Waals surface area (Å²) in [7, 11) is 0. The highest BCUT2D eigenvalue weighted by atomic mass is 16.4. The van der Waals surface area contributed by atoms with E-state index in [1.165, 1.54) is 0 Å². The summed E-state index contributed by atoms with van der Waals surface area (Å²) < 4.78 is 0. The molecule has 98 valence electrons. The van der Waals surface area contributed by atoms with E-state index in [1.54, 1.807) is 0 Å². The van der Waals surface area contributed by atoms with Crippen LogP contribution < -0.4 is 5.73 Å². The second-order valence-electron chi connectivity index (χ2n) is 4.57. The fourth-order valence-corrected chi connectivity index (χ4v) is 2.14. The molecule has 2 rings (SSSR count). The highest BCUT2D eigenvalue weighted by molar-refractivity contribution is 5.71. The lowest BCUT2D eigenvalue weighted by Gasteiger charge is -2.20. The number of hydrogen-bond acceptors (Lipinski definition) is 2. The first kappa shape index (κ1) is 13.3. The third-order valence-electron chi connectivity index (χ3n) is 3.23. The normalized spacial score (nSPS) is 13.7. The Kier molecular flexibility index (Phi) is 4.31. The Morgan fingerprint density at radius 2 is 1.53 bits per heavy atom. The topological polar surface area (TPSA) is 63.3 Å². The van der Waals surface area contributed by atoms with Gasteiger partial charge < -0.3 is 10.8 Å². The Morgan fingerprint density at radius 3 is 2.05 bits per heavy atom. The quantitative estimate of drug-likeness (QED) is 0.863. The average Bonchev–Trinajstić information content (AvgIpc) is 2.46. The van der Waals surface area contributed by atoms with Gasteiger partial charge in [-0.15, -0.1) is 0 Å². The maximum Gasteiger partial charge on any atom is 0.308 e. The molecule has 3 N–H and O–H groups in total. The van der Waals surface area contributed by atoms with Crippen LogP contribution in [0.4, 0.5) is 0 Å². The Balaban J connectivity index is 2.19. The predicted molar refractivity (Wildman–Crippen MR) is 74.6 cm³/mol. The number of rotatable bonds is 5. The molecular formula is C16H17NO2. The maximum atomic E-state index is 11.4. The van der Waals surface area contributed by atoms with E-state index >= 15 is 0 Å². The van der Waals surface area contributed by atoms with Crippen molar-refractivity contribution in [3.05, 3.63) is 71.8 Å². The number of nitrogens with two attached hydrogens (primary N) is 1. The Hall–Kier alpha value is -2.13. The number of hydrogen-bond donors (Lipinski definition) is 2. The fraction of sp³-hybridized carbons (Fsp3) is 0.188. The summed E-state index contributed by atoms with van der Waals surface area (Å²) in [6.07, 6.45) is 0.437. The van der Waals surface area contributed by atoms with E-state index in [0.29, 0.717) is 6.42 Å². The highest BCUT2D eigenvalue weighted by Crippen LogP contribution is 2.23. The van der Waals surface area contributed by atoms with Gasteiger partial charge in [0.15, 0.2) is 0 Å². The minimum Gasteiger partial charge on any atom is -0.481 e. The van der Waals surface area contributed by atoms with Gasteiger partial charge in [0.1, 0.15) is 0 Å². The first-order valence-corrected chi connectivity index (χ1v) is 6.25. The molecule has 0 aliphatic carbocycles. The van der Waals surface area contributed by atoms with Crippen molar-refractivity contribution in [2.45, 2.75) is 12.5 Å². The minimum atomic E-state index is -0.861. The van der Waals surface area contributed by atoms with Gasteiger partial charge in [0, 0.05) is 6.04 Å². The van der Waals surface area contributed by atoms with Crippen molar-refractivity contribution in [2.75, 3.05) is 0 Å². The van der Waals surface area contributed by atoms with E-state index in [2.05, 4.69) is 0 Å². The van der Waals surface area contributed by atoms with Gasteiger partial charge in [-0.1, -0.05) is 60.7 Å². The Bertz CT molecular complexity index is 525. The van der Waals surface area contributed by atoms with Crippen LogP contribution in [-0.2, 0) is 11.2 Å².